The molecule has 26 heavy (non-hydrogen) atoms. The van der Waals surface area contributed by atoms with Gasteiger partial charge in [0, 0.05) is 12.1 Å². The molecular weight excluding hydrogens is 343 g/mol. The number of rotatable bonds is 7. The van der Waals surface area contributed by atoms with Gasteiger partial charge < -0.3 is 18.9 Å². The normalized spacial score (nSPS) is 11.4. The van der Waals surface area contributed by atoms with Crippen LogP contribution in [-0.2, 0) is 9.53 Å². The Bertz CT molecular complexity index is 800. The van der Waals surface area contributed by atoms with Crippen LogP contribution in [0, 0.1) is 5.82 Å². The fourth-order valence-electron chi connectivity index (χ4n) is 2.53. The first-order valence-corrected chi connectivity index (χ1v) is 7.64. The molecule has 0 saturated carbocycles. The molecule has 2 aromatic rings. The van der Waals surface area contributed by atoms with E-state index in [0.29, 0.717) is 11.3 Å². The van der Waals surface area contributed by atoms with Gasteiger partial charge >= 0.3 is 5.97 Å². The number of Topliss-reactive ketones (excluding diaryl/α,β-unsaturated/α-hetero) is 1. The first-order chi connectivity index (χ1) is 12.5. The molecule has 0 radical (unpaired) electrons. The summed E-state index contributed by atoms with van der Waals surface area (Å²) < 4.78 is 34.4. The van der Waals surface area contributed by atoms with Gasteiger partial charge in [0.2, 0.25) is 0 Å². The maximum atomic E-state index is 14.5. The van der Waals surface area contributed by atoms with E-state index in [0.717, 1.165) is 13.2 Å². The number of esters is 1. The summed E-state index contributed by atoms with van der Waals surface area (Å²) in [5, 5.41) is 0. The van der Waals surface area contributed by atoms with Crippen molar-refractivity contribution in [1.29, 1.82) is 0 Å². The number of methoxy groups -OCH3 is 4. The third kappa shape index (κ3) is 3.77. The highest BCUT2D eigenvalue weighted by molar-refractivity contribution is 6.14. The Labute approximate surface area is 150 Å². The van der Waals surface area contributed by atoms with Gasteiger partial charge in [-0.15, -0.1) is 0 Å². The van der Waals surface area contributed by atoms with E-state index in [2.05, 4.69) is 0 Å². The van der Waals surface area contributed by atoms with Crippen LogP contribution in [0.5, 0.6) is 17.2 Å². The van der Waals surface area contributed by atoms with Crippen LogP contribution in [0.15, 0.2) is 36.4 Å². The van der Waals surface area contributed by atoms with E-state index in [-0.39, 0.29) is 17.1 Å². The second kappa shape index (κ2) is 8.33. The molecule has 0 aliphatic heterocycles. The zero-order valence-corrected chi connectivity index (χ0v) is 14.9. The molecule has 1 atom stereocenters. The van der Waals surface area contributed by atoms with E-state index in [4.69, 9.17) is 18.9 Å². The lowest BCUT2D eigenvalue weighted by Gasteiger charge is -2.17. The van der Waals surface area contributed by atoms with Crippen molar-refractivity contribution in [1.82, 2.24) is 0 Å². The van der Waals surface area contributed by atoms with Gasteiger partial charge in [-0.05, 0) is 17.7 Å². The molecule has 0 aromatic heterocycles. The van der Waals surface area contributed by atoms with Crippen molar-refractivity contribution in [2.45, 2.75) is 5.92 Å². The Kier molecular flexibility index (Phi) is 6.16. The summed E-state index contributed by atoms with van der Waals surface area (Å²) in [6.45, 7) is 0. The van der Waals surface area contributed by atoms with Crippen molar-refractivity contribution < 1.29 is 32.9 Å². The molecule has 0 aliphatic rings. The second-order valence-corrected chi connectivity index (χ2v) is 5.28. The molecule has 1 unspecified atom stereocenters. The highest BCUT2D eigenvalue weighted by Crippen LogP contribution is 2.33. The maximum absolute atomic E-state index is 14.5. The summed E-state index contributed by atoms with van der Waals surface area (Å²) in [7, 11) is 5.32. The van der Waals surface area contributed by atoms with E-state index in [9.17, 15) is 14.0 Å². The minimum Gasteiger partial charge on any atom is -0.497 e. The maximum Gasteiger partial charge on any atom is 0.321 e. The quantitative estimate of drug-likeness (QED) is 0.428. The van der Waals surface area contributed by atoms with Gasteiger partial charge in [-0.2, -0.15) is 0 Å². The summed E-state index contributed by atoms with van der Waals surface area (Å²) in [6, 6.07) is 8.72. The van der Waals surface area contributed by atoms with Crippen LogP contribution in [0.3, 0.4) is 0 Å². The Hall–Kier alpha value is -3.09. The highest BCUT2D eigenvalue weighted by Gasteiger charge is 2.34. The first-order valence-electron chi connectivity index (χ1n) is 7.64. The fraction of sp³-hybridized carbons (Fsp3) is 0.263. The molecule has 138 valence electrons. The predicted molar refractivity (Wildman–Crippen MR) is 91.6 cm³/mol. The average Bonchev–Trinajstić information content (AvgIpc) is 2.67. The molecule has 2 aromatic carbocycles. The van der Waals surface area contributed by atoms with E-state index in [1.165, 1.54) is 27.4 Å². The summed E-state index contributed by atoms with van der Waals surface area (Å²) >= 11 is 0. The topological polar surface area (TPSA) is 71.1 Å². The molecule has 0 aliphatic carbocycles. The summed E-state index contributed by atoms with van der Waals surface area (Å²) in [4.78, 5) is 25.3. The van der Waals surface area contributed by atoms with E-state index in [1.807, 2.05) is 0 Å². The number of carbonyl (C=O) groups excluding carboxylic acids is 2. The van der Waals surface area contributed by atoms with E-state index in [1.54, 1.807) is 24.3 Å². The lowest BCUT2D eigenvalue weighted by molar-refractivity contribution is -0.141. The van der Waals surface area contributed by atoms with Crippen molar-refractivity contribution >= 4 is 11.8 Å². The fourth-order valence-corrected chi connectivity index (χ4v) is 2.53. The van der Waals surface area contributed by atoms with Gasteiger partial charge in [0.25, 0.3) is 0 Å². The molecule has 6 nitrogen and oxygen atoms in total. The van der Waals surface area contributed by atoms with Crippen LogP contribution in [0.1, 0.15) is 21.8 Å². The number of carbonyl (C=O) groups is 2. The van der Waals surface area contributed by atoms with Gasteiger partial charge in [0.15, 0.2) is 5.78 Å². The number of halogens is 1. The molecule has 2 rings (SSSR count). The van der Waals surface area contributed by atoms with Gasteiger partial charge in [-0.1, -0.05) is 12.1 Å². The SMILES string of the molecule is COC(=O)C(C(=O)c1c(F)cc(OC)cc1OC)c1ccc(OC)cc1. The van der Waals surface area contributed by atoms with E-state index < -0.39 is 23.5 Å². The summed E-state index contributed by atoms with van der Waals surface area (Å²) in [5.74, 6) is -3.07. The smallest absolute Gasteiger partial charge is 0.321 e. The van der Waals surface area contributed by atoms with Crippen LogP contribution < -0.4 is 14.2 Å². The van der Waals surface area contributed by atoms with Crippen LogP contribution in [0.2, 0.25) is 0 Å². The third-order valence-electron chi connectivity index (χ3n) is 3.88. The minimum atomic E-state index is -1.34. The highest BCUT2D eigenvalue weighted by atomic mass is 19.1. The standard InChI is InChI=1S/C19H19FO6/c1-23-12-7-5-11(6-8-12)16(19(22)26-4)18(21)17-14(20)9-13(24-2)10-15(17)25-3/h5-10,16H,1-4H3. The molecule has 7 heteroatoms. The first kappa shape index (κ1) is 19.2. The Morgan fingerprint density at radius 1 is 0.885 bits per heavy atom. The molecule has 0 bridgehead atoms. The van der Waals surface area contributed by atoms with Crippen molar-refractivity contribution in [3.8, 4) is 17.2 Å². The lowest BCUT2D eigenvalue weighted by atomic mass is 9.89. The second-order valence-electron chi connectivity index (χ2n) is 5.28. The van der Waals surface area contributed by atoms with Gasteiger partial charge in [0.05, 0.1) is 34.0 Å². The van der Waals surface area contributed by atoms with Crippen molar-refractivity contribution in [3.05, 3.63) is 53.3 Å². The third-order valence-corrected chi connectivity index (χ3v) is 3.88. The number of hydrogen-bond donors (Lipinski definition) is 0. The predicted octanol–water partition coefficient (Wildman–Crippen LogP) is 2.99. The minimum absolute atomic E-state index is 0.0331. The molecular formula is C19H19FO6. The molecule has 0 fully saturated rings. The molecule has 0 amide bonds. The number of hydrogen-bond acceptors (Lipinski definition) is 6. The van der Waals surface area contributed by atoms with Gasteiger partial charge in [0.1, 0.15) is 29.0 Å². The zero-order valence-electron chi connectivity index (χ0n) is 14.9. The molecule has 0 N–H and O–H groups in total. The Morgan fingerprint density at radius 2 is 1.50 bits per heavy atom. The largest absolute Gasteiger partial charge is 0.497 e. The monoisotopic (exact) mass is 362 g/mol. The van der Waals surface area contributed by atoms with Crippen molar-refractivity contribution in [3.63, 3.8) is 0 Å². The zero-order chi connectivity index (χ0) is 19.3. The summed E-state index contributed by atoms with van der Waals surface area (Å²) in [6.07, 6.45) is 0. The lowest BCUT2D eigenvalue weighted by Crippen LogP contribution is -2.24. The van der Waals surface area contributed by atoms with Crippen molar-refractivity contribution in [2.75, 3.05) is 28.4 Å². The molecule has 0 heterocycles. The number of benzene rings is 2. The number of ketones is 1. The summed E-state index contributed by atoms with van der Waals surface area (Å²) in [5.41, 5.74) is -0.000519. The van der Waals surface area contributed by atoms with Gasteiger partial charge in [-0.25, -0.2) is 4.39 Å². The number of ether oxygens (including phenoxy) is 4. The van der Waals surface area contributed by atoms with Crippen LogP contribution >= 0.6 is 0 Å². The van der Waals surface area contributed by atoms with Crippen LogP contribution in [-0.4, -0.2) is 40.2 Å². The molecule has 0 spiro atoms. The van der Waals surface area contributed by atoms with Crippen LogP contribution in [0.25, 0.3) is 0 Å². The Balaban J connectivity index is 2.55. The van der Waals surface area contributed by atoms with E-state index >= 15 is 0 Å². The Morgan fingerprint density at radius 3 is 2.00 bits per heavy atom. The van der Waals surface area contributed by atoms with Gasteiger partial charge in [-0.3, -0.25) is 9.59 Å². The van der Waals surface area contributed by atoms with Crippen molar-refractivity contribution in [2.24, 2.45) is 0 Å². The average molecular weight is 362 g/mol. The molecule has 0 saturated heterocycles. The van der Waals surface area contributed by atoms with Crippen LogP contribution in [0.4, 0.5) is 4.39 Å².